The Morgan fingerprint density at radius 2 is 1.61 bits per heavy atom. The lowest BCUT2D eigenvalue weighted by atomic mass is 10.0. The van der Waals surface area contributed by atoms with E-state index in [1.54, 1.807) is 6.07 Å². The molecule has 1 aromatic heterocycles. The number of nitrogens with one attached hydrogen (secondary N) is 1. The number of rotatable bonds is 4. The third-order valence-corrected chi connectivity index (χ3v) is 4.88. The SMILES string of the molecule is CC(C#N)(Cn1nc2cc(C(F)(F)F)cc(C#N)c2n1)NC(=S)c1ccc(C(F)(F)F)cc1. The summed E-state index contributed by atoms with van der Waals surface area (Å²) in [5.41, 5.74) is -3.78. The number of benzene rings is 2. The molecule has 0 radical (unpaired) electrons. The van der Waals surface area contributed by atoms with Crippen molar-refractivity contribution in [3.63, 3.8) is 0 Å². The van der Waals surface area contributed by atoms with Crippen LogP contribution in [0.15, 0.2) is 36.4 Å². The molecule has 2 aromatic carbocycles. The van der Waals surface area contributed by atoms with Crippen molar-refractivity contribution in [2.24, 2.45) is 0 Å². The maximum absolute atomic E-state index is 13.1. The van der Waals surface area contributed by atoms with Crippen LogP contribution in [0.2, 0.25) is 0 Å². The molecule has 1 unspecified atom stereocenters. The molecule has 0 bridgehead atoms. The highest BCUT2D eigenvalue weighted by molar-refractivity contribution is 7.80. The minimum absolute atomic E-state index is 0.0263. The second kappa shape index (κ2) is 8.33. The van der Waals surface area contributed by atoms with Crippen LogP contribution in [-0.2, 0) is 18.9 Å². The summed E-state index contributed by atoms with van der Waals surface area (Å²) in [5.74, 6) is 0. The van der Waals surface area contributed by atoms with Crippen LogP contribution in [0.5, 0.6) is 0 Å². The summed E-state index contributed by atoms with van der Waals surface area (Å²) in [6.07, 6.45) is -9.21. The number of aromatic nitrogens is 3. The molecule has 0 aliphatic rings. The Labute approximate surface area is 188 Å². The van der Waals surface area contributed by atoms with E-state index in [-0.39, 0.29) is 33.7 Å². The minimum atomic E-state index is -4.69. The van der Waals surface area contributed by atoms with Gasteiger partial charge in [0.15, 0.2) is 0 Å². The van der Waals surface area contributed by atoms with E-state index >= 15 is 0 Å². The fraction of sp³-hybridized carbons (Fsp3) is 0.250. The van der Waals surface area contributed by atoms with Gasteiger partial charge in [0.2, 0.25) is 0 Å². The van der Waals surface area contributed by atoms with Gasteiger partial charge in [0.1, 0.15) is 27.6 Å². The van der Waals surface area contributed by atoms with Gasteiger partial charge in [0.25, 0.3) is 0 Å². The van der Waals surface area contributed by atoms with Crippen LogP contribution in [0.1, 0.15) is 29.2 Å². The largest absolute Gasteiger partial charge is 0.416 e. The maximum atomic E-state index is 13.1. The quantitative estimate of drug-likeness (QED) is 0.432. The number of fused-ring (bicyclic) bond motifs is 1. The van der Waals surface area contributed by atoms with E-state index in [0.717, 1.165) is 35.1 Å². The van der Waals surface area contributed by atoms with E-state index in [2.05, 4.69) is 15.5 Å². The predicted octanol–water partition coefficient (Wildman–Crippen LogP) is 4.59. The number of nitrogens with zero attached hydrogens (tertiary/aromatic N) is 5. The number of hydrogen-bond acceptors (Lipinski definition) is 5. The van der Waals surface area contributed by atoms with Gasteiger partial charge < -0.3 is 5.32 Å². The Kier molecular flexibility index (Phi) is 6.04. The fourth-order valence-electron chi connectivity index (χ4n) is 2.90. The second-order valence-corrected chi connectivity index (χ2v) is 7.61. The first kappa shape index (κ1) is 23.9. The Morgan fingerprint density at radius 3 is 2.12 bits per heavy atom. The van der Waals surface area contributed by atoms with E-state index in [0.29, 0.717) is 6.07 Å². The summed E-state index contributed by atoms with van der Waals surface area (Å²) >= 11 is 5.19. The molecule has 3 aromatic rings. The Bertz CT molecular complexity index is 1300. The smallest absolute Gasteiger partial charge is 0.357 e. The van der Waals surface area contributed by atoms with Gasteiger partial charge in [-0.2, -0.15) is 51.9 Å². The molecule has 3 rings (SSSR count). The molecule has 1 heterocycles. The number of hydrogen-bond donors (Lipinski definition) is 1. The standard InChI is InChI=1S/C20H12F6N6S/c1-18(9-28,29-17(33)11-2-4-13(5-3-11)19(21,22)23)10-32-30-15-7-14(20(24,25)26)6-12(8-27)16(15)31-32/h2-7H,10H2,1H3,(H,29,33). The number of alkyl halides is 6. The van der Waals surface area contributed by atoms with Crippen molar-refractivity contribution in [3.05, 3.63) is 58.7 Å². The summed E-state index contributed by atoms with van der Waals surface area (Å²) in [6, 6.07) is 8.97. The van der Waals surface area contributed by atoms with Crippen molar-refractivity contribution in [3.8, 4) is 12.1 Å². The molecule has 0 saturated carbocycles. The third-order valence-electron chi connectivity index (χ3n) is 4.54. The minimum Gasteiger partial charge on any atom is -0.357 e. The zero-order valence-corrected chi connectivity index (χ0v) is 17.4. The molecule has 1 N–H and O–H groups in total. The first-order valence-electron chi connectivity index (χ1n) is 9.03. The van der Waals surface area contributed by atoms with Crippen molar-refractivity contribution in [2.75, 3.05) is 0 Å². The van der Waals surface area contributed by atoms with Gasteiger partial charge in [-0.25, -0.2) is 0 Å². The molecule has 170 valence electrons. The summed E-state index contributed by atoms with van der Waals surface area (Å²) in [5, 5.41) is 29.5. The zero-order valence-electron chi connectivity index (χ0n) is 16.6. The average molecular weight is 482 g/mol. The molecular weight excluding hydrogens is 470 g/mol. The highest BCUT2D eigenvalue weighted by Crippen LogP contribution is 2.32. The topological polar surface area (TPSA) is 90.3 Å². The second-order valence-electron chi connectivity index (χ2n) is 7.20. The van der Waals surface area contributed by atoms with Crippen molar-refractivity contribution in [1.82, 2.24) is 20.3 Å². The molecule has 0 amide bonds. The van der Waals surface area contributed by atoms with Gasteiger partial charge in [-0.05, 0) is 31.2 Å². The molecule has 0 aliphatic heterocycles. The van der Waals surface area contributed by atoms with E-state index in [1.165, 1.54) is 6.92 Å². The third kappa shape index (κ3) is 5.21. The zero-order chi connectivity index (χ0) is 24.6. The highest BCUT2D eigenvalue weighted by Gasteiger charge is 2.33. The van der Waals surface area contributed by atoms with Crippen LogP contribution in [0, 0.1) is 22.7 Å². The molecule has 0 aliphatic carbocycles. The van der Waals surface area contributed by atoms with Gasteiger partial charge in [-0.15, -0.1) is 0 Å². The lowest BCUT2D eigenvalue weighted by Gasteiger charge is -2.24. The molecule has 33 heavy (non-hydrogen) atoms. The van der Waals surface area contributed by atoms with Crippen molar-refractivity contribution in [2.45, 2.75) is 31.4 Å². The number of halogens is 6. The predicted molar refractivity (Wildman–Crippen MR) is 108 cm³/mol. The Morgan fingerprint density at radius 1 is 1.00 bits per heavy atom. The Hall–Kier alpha value is -3.71. The van der Waals surface area contributed by atoms with Crippen molar-refractivity contribution in [1.29, 1.82) is 10.5 Å². The summed E-state index contributed by atoms with van der Waals surface area (Å²) < 4.78 is 77.4. The summed E-state index contributed by atoms with van der Waals surface area (Å²) in [7, 11) is 0. The van der Waals surface area contributed by atoms with Gasteiger partial charge in [0, 0.05) is 5.56 Å². The number of nitriles is 2. The molecule has 0 fully saturated rings. The Balaban J connectivity index is 1.87. The average Bonchev–Trinajstić information content (AvgIpc) is 3.13. The van der Waals surface area contributed by atoms with Crippen LogP contribution in [-0.4, -0.2) is 25.5 Å². The first-order chi connectivity index (χ1) is 15.3. The highest BCUT2D eigenvalue weighted by atomic mass is 32.1. The van der Waals surface area contributed by atoms with Crippen LogP contribution in [0.3, 0.4) is 0 Å². The maximum Gasteiger partial charge on any atom is 0.416 e. The van der Waals surface area contributed by atoms with Gasteiger partial charge in [-0.3, -0.25) is 0 Å². The molecule has 0 spiro atoms. The fourth-order valence-corrected chi connectivity index (χ4v) is 3.26. The lowest BCUT2D eigenvalue weighted by molar-refractivity contribution is -0.138. The first-order valence-corrected chi connectivity index (χ1v) is 9.44. The van der Waals surface area contributed by atoms with Gasteiger partial charge >= 0.3 is 12.4 Å². The molecule has 1 atom stereocenters. The van der Waals surface area contributed by atoms with Gasteiger partial charge in [0.05, 0.1) is 29.3 Å². The monoisotopic (exact) mass is 482 g/mol. The summed E-state index contributed by atoms with van der Waals surface area (Å²) in [4.78, 5) is 0.929. The molecular formula is C20H12F6N6S. The molecule has 0 saturated heterocycles. The van der Waals surface area contributed by atoms with Crippen molar-refractivity contribution < 1.29 is 26.3 Å². The van der Waals surface area contributed by atoms with Gasteiger partial charge in [-0.1, -0.05) is 24.4 Å². The van der Waals surface area contributed by atoms with E-state index in [4.69, 9.17) is 12.2 Å². The van der Waals surface area contributed by atoms with Crippen LogP contribution < -0.4 is 5.32 Å². The molecule has 6 nitrogen and oxygen atoms in total. The van der Waals surface area contributed by atoms with E-state index in [1.807, 2.05) is 6.07 Å². The summed E-state index contributed by atoms with van der Waals surface area (Å²) in [6.45, 7) is 1.12. The number of thiocarbonyl (C=S) groups is 1. The van der Waals surface area contributed by atoms with E-state index < -0.39 is 29.0 Å². The van der Waals surface area contributed by atoms with Crippen LogP contribution >= 0.6 is 12.2 Å². The molecule has 13 heteroatoms. The lowest BCUT2D eigenvalue weighted by Crippen LogP contribution is -2.48. The van der Waals surface area contributed by atoms with Crippen LogP contribution in [0.25, 0.3) is 11.0 Å². The van der Waals surface area contributed by atoms with E-state index in [9.17, 15) is 36.9 Å². The van der Waals surface area contributed by atoms with Crippen LogP contribution in [0.4, 0.5) is 26.3 Å². The normalized spacial score (nSPS) is 13.7. The van der Waals surface area contributed by atoms with Crippen molar-refractivity contribution >= 4 is 28.2 Å².